The Hall–Kier alpha value is -3.92. The van der Waals surface area contributed by atoms with Crippen LogP contribution >= 0.6 is 0 Å². The van der Waals surface area contributed by atoms with Crippen LogP contribution in [0.1, 0.15) is 30.8 Å². The molecule has 9 nitrogen and oxygen atoms in total. The lowest BCUT2D eigenvalue weighted by Crippen LogP contribution is -2.31. The quantitative estimate of drug-likeness (QED) is 0.466. The zero-order valence-corrected chi connectivity index (χ0v) is 19.1. The van der Waals surface area contributed by atoms with Gasteiger partial charge in [-0.15, -0.1) is 0 Å². The molecule has 0 fully saturated rings. The number of ether oxygens (including phenoxy) is 2. The van der Waals surface area contributed by atoms with Crippen LogP contribution < -0.4 is 20.1 Å². The van der Waals surface area contributed by atoms with Crippen molar-refractivity contribution in [2.24, 2.45) is 0 Å². The lowest BCUT2D eigenvalue weighted by atomic mass is 9.94. The number of halogens is 1. The molecule has 0 saturated heterocycles. The minimum Gasteiger partial charge on any atom is -0.493 e. The number of aliphatic hydroxyl groups excluding tert-OH is 1. The summed E-state index contributed by atoms with van der Waals surface area (Å²) in [5.74, 6) is 1.35. The summed E-state index contributed by atoms with van der Waals surface area (Å²) in [4.78, 5) is 18.0. The first-order valence-corrected chi connectivity index (χ1v) is 10.8. The summed E-state index contributed by atoms with van der Waals surface area (Å²) < 4.78 is 25.8. The van der Waals surface area contributed by atoms with Gasteiger partial charge in [0.25, 0.3) is 5.91 Å². The molecule has 1 aliphatic heterocycles. The average molecular weight is 468 g/mol. The van der Waals surface area contributed by atoms with Crippen LogP contribution in [0.4, 0.5) is 16.0 Å². The first-order chi connectivity index (χ1) is 16.4. The molecule has 0 spiro atoms. The highest BCUT2D eigenvalue weighted by Gasteiger charge is 2.34. The second kappa shape index (κ2) is 9.92. The van der Waals surface area contributed by atoms with Gasteiger partial charge in [0.2, 0.25) is 5.95 Å². The molecule has 0 aliphatic carbocycles. The number of allylic oxidation sites excluding steroid dienone is 1. The van der Waals surface area contributed by atoms with Crippen LogP contribution in [0.2, 0.25) is 0 Å². The van der Waals surface area contributed by atoms with Gasteiger partial charge < -0.3 is 25.2 Å². The number of carbonyl (C=O) groups is 1. The molecule has 2 aromatic carbocycles. The van der Waals surface area contributed by atoms with Gasteiger partial charge in [-0.1, -0.05) is 6.07 Å². The van der Waals surface area contributed by atoms with Gasteiger partial charge in [-0.2, -0.15) is 10.1 Å². The van der Waals surface area contributed by atoms with Crippen molar-refractivity contribution in [3.05, 3.63) is 70.9 Å². The molecule has 0 unspecified atom stereocenters. The number of anilines is 2. The van der Waals surface area contributed by atoms with E-state index in [1.54, 1.807) is 38.0 Å². The first kappa shape index (κ1) is 23.2. The molecule has 0 radical (unpaired) electrons. The molecule has 4 rings (SSSR count). The van der Waals surface area contributed by atoms with E-state index in [0.29, 0.717) is 53.1 Å². The third-order valence-electron chi connectivity index (χ3n) is 5.52. The third-order valence-corrected chi connectivity index (χ3v) is 5.52. The number of methoxy groups -OCH3 is 2. The number of hydrogen-bond donors (Lipinski definition) is 3. The minimum absolute atomic E-state index is 0.0268. The molecule has 1 aliphatic rings. The number of aromatic nitrogens is 3. The molecule has 1 aromatic heterocycles. The van der Waals surface area contributed by atoms with Gasteiger partial charge in [-0.05, 0) is 55.3 Å². The maximum atomic E-state index is 13.5. The smallest absolute Gasteiger partial charge is 0.255 e. The number of nitrogens with one attached hydrogen (secondary N) is 2. The Morgan fingerprint density at radius 1 is 1.18 bits per heavy atom. The second-order valence-electron chi connectivity index (χ2n) is 7.77. The molecule has 10 heteroatoms. The summed E-state index contributed by atoms with van der Waals surface area (Å²) >= 11 is 0. The highest BCUT2D eigenvalue weighted by molar-refractivity contribution is 6.06. The molecule has 2 heterocycles. The standard InChI is InChI=1S/C24H26FN5O4/c1-14-21(23(32)27-17-9-7-16(25)8-10-17)22(15-6-11-18(33-2)19(13-15)34-3)30-24(26-14)28-20(29-30)5-4-12-31/h6-11,13,22,31H,4-5,12H2,1-3H3,(H,27,32)(H,26,28,29)/t22-/m0/s1. The number of fused-ring (bicyclic) bond motifs is 1. The Morgan fingerprint density at radius 3 is 2.59 bits per heavy atom. The Morgan fingerprint density at radius 2 is 1.91 bits per heavy atom. The van der Waals surface area contributed by atoms with E-state index in [1.807, 2.05) is 6.07 Å². The minimum atomic E-state index is -0.619. The summed E-state index contributed by atoms with van der Waals surface area (Å²) in [5.41, 5.74) is 2.23. The Labute approximate surface area is 196 Å². The van der Waals surface area contributed by atoms with E-state index in [9.17, 15) is 14.3 Å². The van der Waals surface area contributed by atoms with Crippen molar-refractivity contribution in [3.8, 4) is 11.5 Å². The van der Waals surface area contributed by atoms with Gasteiger partial charge in [0.15, 0.2) is 17.3 Å². The lowest BCUT2D eigenvalue weighted by molar-refractivity contribution is -0.113. The molecule has 3 N–H and O–H groups in total. The number of amides is 1. The van der Waals surface area contributed by atoms with E-state index in [1.165, 1.54) is 24.3 Å². The Balaban J connectivity index is 1.79. The van der Waals surface area contributed by atoms with Crippen molar-refractivity contribution in [1.29, 1.82) is 0 Å². The van der Waals surface area contributed by atoms with Gasteiger partial charge in [-0.3, -0.25) is 4.79 Å². The second-order valence-corrected chi connectivity index (χ2v) is 7.77. The molecule has 3 aromatic rings. The van der Waals surface area contributed by atoms with Crippen molar-refractivity contribution < 1.29 is 23.8 Å². The van der Waals surface area contributed by atoms with Gasteiger partial charge in [-0.25, -0.2) is 9.07 Å². The predicted octanol–water partition coefficient (Wildman–Crippen LogP) is 3.29. The van der Waals surface area contributed by atoms with Crippen molar-refractivity contribution in [2.45, 2.75) is 25.8 Å². The summed E-state index contributed by atoms with van der Waals surface area (Å²) in [5, 5.41) is 19.8. The van der Waals surface area contributed by atoms with E-state index in [2.05, 4.69) is 20.7 Å². The van der Waals surface area contributed by atoms with Crippen LogP contribution in [0.25, 0.3) is 0 Å². The van der Waals surface area contributed by atoms with Gasteiger partial charge in [0.1, 0.15) is 11.9 Å². The van der Waals surface area contributed by atoms with Crippen molar-refractivity contribution in [1.82, 2.24) is 14.8 Å². The monoisotopic (exact) mass is 467 g/mol. The fourth-order valence-electron chi connectivity index (χ4n) is 3.90. The maximum absolute atomic E-state index is 13.5. The highest BCUT2D eigenvalue weighted by Crippen LogP contribution is 2.39. The van der Waals surface area contributed by atoms with Crippen LogP contribution in [0.3, 0.4) is 0 Å². The zero-order valence-electron chi connectivity index (χ0n) is 19.1. The Bertz CT molecular complexity index is 1220. The van der Waals surface area contributed by atoms with Gasteiger partial charge in [0.05, 0.1) is 19.8 Å². The van der Waals surface area contributed by atoms with Crippen LogP contribution in [0.5, 0.6) is 11.5 Å². The predicted molar refractivity (Wildman–Crippen MR) is 124 cm³/mol. The molecule has 34 heavy (non-hydrogen) atoms. The number of benzene rings is 2. The lowest BCUT2D eigenvalue weighted by Gasteiger charge is -2.29. The van der Waals surface area contributed by atoms with Gasteiger partial charge >= 0.3 is 0 Å². The van der Waals surface area contributed by atoms with Crippen molar-refractivity contribution in [3.63, 3.8) is 0 Å². The molecular formula is C24H26FN5O4. The normalized spacial score (nSPS) is 14.9. The summed E-state index contributed by atoms with van der Waals surface area (Å²) in [6, 6.07) is 10.4. The molecule has 0 bridgehead atoms. The number of nitrogens with zero attached hydrogens (tertiary/aromatic N) is 3. The maximum Gasteiger partial charge on any atom is 0.255 e. The summed E-state index contributed by atoms with van der Waals surface area (Å²) in [7, 11) is 3.10. The molecule has 1 amide bonds. The van der Waals surface area contributed by atoms with Crippen molar-refractivity contribution in [2.75, 3.05) is 31.5 Å². The topological polar surface area (TPSA) is 111 Å². The average Bonchev–Trinajstić information content (AvgIpc) is 3.24. The SMILES string of the molecule is COc1ccc([C@H]2C(C(=O)Nc3ccc(F)cc3)=C(C)Nc3nc(CCCO)nn32)cc1OC. The first-order valence-electron chi connectivity index (χ1n) is 10.8. The van der Waals surface area contributed by atoms with E-state index in [-0.39, 0.29) is 12.5 Å². The number of hydrogen-bond acceptors (Lipinski definition) is 7. The number of aliphatic hydroxyl groups is 1. The zero-order chi connectivity index (χ0) is 24.2. The fraction of sp³-hybridized carbons (Fsp3) is 0.292. The van der Waals surface area contributed by atoms with E-state index in [4.69, 9.17) is 9.47 Å². The number of aryl methyl sites for hydroxylation is 1. The van der Waals surface area contributed by atoms with Gasteiger partial charge in [0, 0.05) is 24.4 Å². The summed E-state index contributed by atoms with van der Waals surface area (Å²) in [6.07, 6.45) is 1.02. The number of rotatable bonds is 8. The van der Waals surface area contributed by atoms with E-state index < -0.39 is 11.9 Å². The fourth-order valence-corrected chi connectivity index (χ4v) is 3.90. The number of carbonyl (C=O) groups excluding carboxylic acids is 1. The van der Waals surface area contributed by atoms with Crippen LogP contribution in [0.15, 0.2) is 53.7 Å². The van der Waals surface area contributed by atoms with Crippen LogP contribution in [-0.2, 0) is 11.2 Å². The molecule has 1 atom stereocenters. The van der Waals surface area contributed by atoms with Crippen molar-refractivity contribution >= 4 is 17.5 Å². The Kier molecular flexibility index (Phi) is 6.78. The van der Waals surface area contributed by atoms with Crippen LogP contribution in [-0.4, -0.2) is 46.6 Å². The van der Waals surface area contributed by atoms with E-state index in [0.717, 1.165) is 5.56 Å². The largest absolute Gasteiger partial charge is 0.493 e. The van der Waals surface area contributed by atoms with Crippen LogP contribution in [0, 0.1) is 5.82 Å². The molecular weight excluding hydrogens is 441 g/mol. The van der Waals surface area contributed by atoms with E-state index >= 15 is 0 Å². The third kappa shape index (κ3) is 4.58. The highest BCUT2D eigenvalue weighted by atomic mass is 19.1. The molecule has 178 valence electrons. The molecule has 0 saturated carbocycles. The summed E-state index contributed by atoms with van der Waals surface area (Å²) in [6.45, 7) is 1.82.